The Morgan fingerprint density at radius 3 is 2.27 bits per heavy atom. The van der Waals surface area contributed by atoms with Crippen molar-refractivity contribution < 1.29 is 14.7 Å². The van der Waals surface area contributed by atoms with E-state index in [0.29, 0.717) is 28.6 Å². The van der Waals surface area contributed by atoms with Crippen molar-refractivity contribution in [1.29, 1.82) is 0 Å². The summed E-state index contributed by atoms with van der Waals surface area (Å²) in [4.78, 5) is 27.7. The monoisotopic (exact) mass is 477 g/mol. The zero-order chi connectivity index (χ0) is 23.4. The Hall–Kier alpha value is -3.34. The Balaban J connectivity index is 1.69. The molecule has 1 heterocycles. The number of carbonyl (C=O) groups is 2. The minimum Gasteiger partial charge on any atom is -0.503 e. The molecule has 0 saturated carbocycles. The van der Waals surface area contributed by atoms with Crippen molar-refractivity contribution >= 4 is 41.0 Å². The third kappa shape index (κ3) is 5.03. The predicted molar refractivity (Wildman–Crippen MR) is 131 cm³/mol. The third-order valence-corrected chi connectivity index (χ3v) is 6.28. The van der Waals surface area contributed by atoms with E-state index in [1.807, 2.05) is 60.7 Å². The number of nitrogens with zero attached hydrogens (tertiary/aromatic N) is 1. The fourth-order valence-corrected chi connectivity index (χ4v) is 4.19. The van der Waals surface area contributed by atoms with Crippen molar-refractivity contribution in [3.05, 3.63) is 123 Å². The maximum Gasteiger partial charge on any atom is 0.290 e. The van der Waals surface area contributed by atoms with E-state index in [9.17, 15) is 14.7 Å². The van der Waals surface area contributed by atoms with Crippen LogP contribution < -0.4 is 0 Å². The first-order chi connectivity index (χ1) is 16.0. The van der Waals surface area contributed by atoms with Gasteiger partial charge in [-0.05, 0) is 41.3 Å². The molecule has 1 amide bonds. The molecular formula is C27H21Cl2NO3. The first-order valence-corrected chi connectivity index (χ1v) is 11.2. The number of amides is 1. The molecule has 4 nitrogen and oxygen atoms in total. The minimum absolute atomic E-state index is 0.0265. The van der Waals surface area contributed by atoms with E-state index >= 15 is 0 Å². The second-order valence-corrected chi connectivity index (χ2v) is 8.50. The van der Waals surface area contributed by atoms with Gasteiger partial charge in [-0.3, -0.25) is 9.59 Å². The van der Waals surface area contributed by atoms with Crippen molar-refractivity contribution in [1.82, 2.24) is 4.90 Å². The molecule has 1 unspecified atom stereocenters. The Morgan fingerprint density at radius 1 is 0.939 bits per heavy atom. The van der Waals surface area contributed by atoms with Crippen LogP contribution in [-0.2, 0) is 16.0 Å². The van der Waals surface area contributed by atoms with Gasteiger partial charge in [0.15, 0.2) is 11.5 Å². The Morgan fingerprint density at radius 2 is 1.61 bits per heavy atom. The second-order valence-electron chi connectivity index (χ2n) is 7.68. The van der Waals surface area contributed by atoms with Crippen molar-refractivity contribution in [2.45, 2.75) is 12.5 Å². The summed E-state index contributed by atoms with van der Waals surface area (Å²) < 4.78 is 0. The Bertz CT molecular complexity index is 1240. The van der Waals surface area contributed by atoms with Crippen molar-refractivity contribution in [2.75, 3.05) is 6.54 Å². The van der Waals surface area contributed by atoms with Crippen LogP contribution in [0.1, 0.15) is 22.7 Å². The number of aliphatic hydroxyl groups is 1. The summed E-state index contributed by atoms with van der Waals surface area (Å²) in [6.45, 7) is 0.316. The lowest BCUT2D eigenvalue weighted by Crippen LogP contribution is -2.33. The quantitative estimate of drug-likeness (QED) is 0.411. The molecule has 0 bridgehead atoms. The van der Waals surface area contributed by atoms with Crippen LogP contribution >= 0.6 is 23.2 Å². The summed E-state index contributed by atoms with van der Waals surface area (Å²) in [5.41, 5.74) is 2.51. The molecule has 1 aliphatic rings. The topological polar surface area (TPSA) is 57.6 Å². The Kier molecular flexibility index (Phi) is 6.97. The maximum absolute atomic E-state index is 13.2. The molecular weight excluding hydrogens is 457 g/mol. The van der Waals surface area contributed by atoms with Crippen LogP contribution in [0.2, 0.25) is 10.0 Å². The first-order valence-electron chi connectivity index (χ1n) is 10.5. The lowest BCUT2D eigenvalue weighted by Gasteiger charge is -2.27. The van der Waals surface area contributed by atoms with E-state index in [4.69, 9.17) is 23.2 Å². The molecule has 166 valence electrons. The van der Waals surface area contributed by atoms with E-state index in [1.165, 1.54) is 11.0 Å². The van der Waals surface area contributed by atoms with Gasteiger partial charge in [0, 0.05) is 6.54 Å². The SMILES string of the molecule is O=C(C=Cc1ccccc1)C1=C(O)C(=O)N(CCc2ccccc2)C1c1ccc(Cl)c(Cl)c1. The molecule has 33 heavy (non-hydrogen) atoms. The number of rotatable bonds is 7. The summed E-state index contributed by atoms with van der Waals surface area (Å²) in [6, 6.07) is 23.2. The zero-order valence-corrected chi connectivity index (χ0v) is 19.1. The second kappa shape index (κ2) is 10.1. The minimum atomic E-state index is -0.774. The van der Waals surface area contributed by atoms with Gasteiger partial charge in [-0.25, -0.2) is 0 Å². The molecule has 3 aromatic rings. The number of allylic oxidation sites excluding steroid dienone is 1. The molecule has 0 radical (unpaired) electrons. The largest absolute Gasteiger partial charge is 0.503 e. The Labute approximate surface area is 202 Å². The molecule has 4 rings (SSSR count). The van der Waals surface area contributed by atoms with Gasteiger partial charge in [0.2, 0.25) is 0 Å². The van der Waals surface area contributed by atoms with Gasteiger partial charge in [-0.15, -0.1) is 0 Å². The van der Waals surface area contributed by atoms with E-state index in [1.54, 1.807) is 24.3 Å². The molecule has 0 saturated heterocycles. The van der Waals surface area contributed by atoms with E-state index in [0.717, 1.165) is 11.1 Å². The van der Waals surface area contributed by atoms with Crippen LogP contribution in [0, 0.1) is 0 Å². The number of ketones is 1. The molecule has 0 fully saturated rings. The zero-order valence-electron chi connectivity index (χ0n) is 17.6. The van der Waals surface area contributed by atoms with Crippen LogP contribution in [0.25, 0.3) is 6.08 Å². The van der Waals surface area contributed by atoms with Crippen LogP contribution in [0.3, 0.4) is 0 Å². The van der Waals surface area contributed by atoms with E-state index in [-0.39, 0.29) is 5.57 Å². The fourth-order valence-electron chi connectivity index (χ4n) is 3.89. The maximum atomic E-state index is 13.2. The number of carbonyl (C=O) groups excluding carboxylic acids is 2. The fraction of sp³-hybridized carbons (Fsp3) is 0.111. The number of aliphatic hydroxyl groups excluding tert-OH is 1. The molecule has 0 aromatic heterocycles. The molecule has 0 aliphatic carbocycles. The van der Waals surface area contributed by atoms with Crippen LogP contribution in [0.4, 0.5) is 0 Å². The average Bonchev–Trinajstić information content (AvgIpc) is 3.09. The first kappa shape index (κ1) is 22.8. The summed E-state index contributed by atoms with van der Waals surface area (Å²) in [5, 5.41) is 11.4. The van der Waals surface area contributed by atoms with Gasteiger partial charge in [-0.2, -0.15) is 0 Å². The number of halogens is 2. The summed E-state index contributed by atoms with van der Waals surface area (Å²) in [5.74, 6) is -1.57. The lowest BCUT2D eigenvalue weighted by molar-refractivity contribution is -0.129. The van der Waals surface area contributed by atoms with Crippen LogP contribution in [0.5, 0.6) is 0 Å². The molecule has 1 aliphatic heterocycles. The van der Waals surface area contributed by atoms with Gasteiger partial charge < -0.3 is 10.0 Å². The van der Waals surface area contributed by atoms with Crippen molar-refractivity contribution in [3.63, 3.8) is 0 Å². The summed E-state index contributed by atoms with van der Waals surface area (Å²) in [6.07, 6.45) is 3.60. The lowest BCUT2D eigenvalue weighted by atomic mass is 9.95. The van der Waals surface area contributed by atoms with Crippen LogP contribution in [-0.4, -0.2) is 28.2 Å². The predicted octanol–water partition coefficient (Wildman–Crippen LogP) is 6.21. The van der Waals surface area contributed by atoms with E-state index in [2.05, 4.69) is 0 Å². The number of hydrogen-bond acceptors (Lipinski definition) is 3. The highest BCUT2D eigenvalue weighted by Crippen LogP contribution is 2.39. The smallest absolute Gasteiger partial charge is 0.290 e. The summed E-state index contributed by atoms with van der Waals surface area (Å²) >= 11 is 12.3. The van der Waals surface area contributed by atoms with Gasteiger partial charge in [0.1, 0.15) is 0 Å². The molecule has 0 spiro atoms. The highest BCUT2D eigenvalue weighted by molar-refractivity contribution is 6.42. The molecule has 1 atom stereocenters. The van der Waals surface area contributed by atoms with Gasteiger partial charge in [0.05, 0.1) is 21.7 Å². The van der Waals surface area contributed by atoms with Crippen molar-refractivity contribution in [2.24, 2.45) is 0 Å². The molecule has 6 heteroatoms. The highest BCUT2D eigenvalue weighted by atomic mass is 35.5. The molecule has 1 N–H and O–H groups in total. The van der Waals surface area contributed by atoms with Crippen molar-refractivity contribution in [3.8, 4) is 0 Å². The average molecular weight is 478 g/mol. The number of hydrogen-bond donors (Lipinski definition) is 1. The van der Waals surface area contributed by atoms with E-state index < -0.39 is 23.5 Å². The standard InChI is InChI=1S/C27H21Cl2NO3/c28-21-13-12-20(17-22(21)29)25-24(23(31)14-11-18-7-3-1-4-8-18)26(32)27(33)30(25)16-15-19-9-5-2-6-10-19/h1-14,17,25,32H,15-16H2. The highest BCUT2D eigenvalue weighted by Gasteiger charge is 2.42. The normalized spacial score (nSPS) is 16.1. The summed E-state index contributed by atoms with van der Waals surface area (Å²) in [7, 11) is 0. The third-order valence-electron chi connectivity index (χ3n) is 5.54. The van der Waals surface area contributed by atoms with Gasteiger partial charge in [-0.1, -0.05) is 96.0 Å². The van der Waals surface area contributed by atoms with Gasteiger partial charge in [0.25, 0.3) is 5.91 Å². The van der Waals surface area contributed by atoms with Crippen LogP contribution in [0.15, 0.2) is 96.3 Å². The van der Waals surface area contributed by atoms with Gasteiger partial charge >= 0.3 is 0 Å². The molecule has 3 aromatic carbocycles. The number of benzene rings is 3.